The minimum Gasteiger partial charge on any atom is -0.334 e. The maximum atomic E-state index is 12.5. The first-order valence-electron chi connectivity index (χ1n) is 8.46. The number of hydrogen-bond donors (Lipinski definition) is 1. The van der Waals surface area contributed by atoms with Gasteiger partial charge in [0, 0.05) is 30.9 Å². The quantitative estimate of drug-likeness (QED) is 0.798. The summed E-state index contributed by atoms with van der Waals surface area (Å²) < 4.78 is 2.21. The number of nitrogens with zero attached hydrogens (tertiary/aromatic N) is 4. The van der Waals surface area contributed by atoms with E-state index in [1.54, 1.807) is 6.20 Å². The Hall–Kier alpha value is -3.02. The fourth-order valence-electron chi connectivity index (χ4n) is 3.05. The van der Waals surface area contributed by atoms with Crippen molar-refractivity contribution in [3.63, 3.8) is 0 Å². The van der Waals surface area contributed by atoms with Crippen molar-refractivity contribution < 1.29 is 4.79 Å². The molecule has 126 valence electrons. The number of carbonyl (C=O) groups excluding carboxylic acids is 1. The van der Waals surface area contributed by atoms with Gasteiger partial charge in [0.2, 0.25) is 0 Å². The van der Waals surface area contributed by atoms with E-state index in [1.807, 2.05) is 31.2 Å². The van der Waals surface area contributed by atoms with Gasteiger partial charge in [-0.25, -0.2) is 9.97 Å². The molecule has 3 aromatic rings. The van der Waals surface area contributed by atoms with Crippen LogP contribution >= 0.6 is 0 Å². The molecule has 0 saturated carbocycles. The highest BCUT2D eigenvalue weighted by Gasteiger charge is 2.16. The topological polar surface area (TPSA) is 72.7 Å². The second kappa shape index (κ2) is 6.47. The number of aryl methyl sites for hydroxylation is 3. The highest BCUT2D eigenvalue weighted by atomic mass is 16.1. The standard InChI is InChI=1S/C19H19N5O/c1-13-10-21-16(11-20-13)19(25)23-15-7-3-2-6-14(15)17-12-24-9-5-4-8-18(24)22-17/h2-3,6-7,10-12H,4-5,8-9H2,1H3,(H,23,25). The summed E-state index contributed by atoms with van der Waals surface area (Å²) in [5.41, 5.74) is 3.61. The first kappa shape index (κ1) is 15.5. The summed E-state index contributed by atoms with van der Waals surface area (Å²) in [6.07, 6.45) is 8.53. The number of fused-ring (bicyclic) bond motifs is 1. The van der Waals surface area contributed by atoms with Crippen molar-refractivity contribution in [1.29, 1.82) is 0 Å². The normalized spacial score (nSPS) is 13.3. The summed E-state index contributed by atoms with van der Waals surface area (Å²) in [5.74, 6) is 0.843. The smallest absolute Gasteiger partial charge is 0.275 e. The SMILES string of the molecule is Cc1cnc(C(=O)Nc2ccccc2-c2cn3c(n2)CCCC3)cn1. The molecule has 0 radical (unpaired) electrons. The number of aromatic nitrogens is 4. The van der Waals surface area contributed by atoms with Crippen LogP contribution in [0.2, 0.25) is 0 Å². The van der Waals surface area contributed by atoms with Gasteiger partial charge in [0.1, 0.15) is 11.5 Å². The monoisotopic (exact) mass is 333 g/mol. The van der Waals surface area contributed by atoms with Crippen molar-refractivity contribution in [1.82, 2.24) is 19.5 Å². The molecule has 1 aliphatic heterocycles. The van der Waals surface area contributed by atoms with E-state index < -0.39 is 0 Å². The van der Waals surface area contributed by atoms with Crippen LogP contribution in [0.5, 0.6) is 0 Å². The molecule has 0 atom stereocenters. The first-order valence-corrected chi connectivity index (χ1v) is 8.46. The maximum Gasteiger partial charge on any atom is 0.275 e. The van der Waals surface area contributed by atoms with E-state index in [-0.39, 0.29) is 5.91 Å². The third-order valence-electron chi connectivity index (χ3n) is 4.37. The molecule has 1 N–H and O–H groups in total. The molecule has 4 rings (SSSR count). The number of nitrogens with one attached hydrogen (secondary N) is 1. The molecule has 0 spiro atoms. The molecule has 0 aliphatic carbocycles. The third-order valence-corrected chi connectivity index (χ3v) is 4.37. The van der Waals surface area contributed by atoms with Gasteiger partial charge in [-0.2, -0.15) is 0 Å². The van der Waals surface area contributed by atoms with Gasteiger partial charge in [0.25, 0.3) is 5.91 Å². The number of hydrogen-bond acceptors (Lipinski definition) is 4. The Morgan fingerprint density at radius 1 is 1.16 bits per heavy atom. The second-order valence-corrected chi connectivity index (χ2v) is 6.24. The van der Waals surface area contributed by atoms with Crippen LogP contribution in [0.1, 0.15) is 34.8 Å². The molecule has 0 fully saturated rings. The minimum atomic E-state index is -0.274. The molecule has 0 saturated heterocycles. The Balaban J connectivity index is 1.64. The molecule has 2 aromatic heterocycles. The lowest BCUT2D eigenvalue weighted by atomic mass is 10.1. The molecule has 25 heavy (non-hydrogen) atoms. The van der Waals surface area contributed by atoms with E-state index in [2.05, 4.69) is 26.0 Å². The van der Waals surface area contributed by atoms with Gasteiger partial charge in [-0.15, -0.1) is 0 Å². The third kappa shape index (κ3) is 3.15. The molecule has 1 aliphatic rings. The molecular weight excluding hydrogens is 314 g/mol. The number of anilines is 1. The van der Waals surface area contributed by atoms with E-state index in [1.165, 1.54) is 19.0 Å². The summed E-state index contributed by atoms with van der Waals surface area (Å²) in [4.78, 5) is 25.5. The zero-order valence-electron chi connectivity index (χ0n) is 14.1. The van der Waals surface area contributed by atoms with Gasteiger partial charge in [0.15, 0.2) is 0 Å². The fourth-order valence-corrected chi connectivity index (χ4v) is 3.05. The van der Waals surface area contributed by atoms with Crippen molar-refractivity contribution in [3.8, 4) is 11.3 Å². The average Bonchev–Trinajstić information content (AvgIpc) is 3.06. The van der Waals surface area contributed by atoms with Gasteiger partial charge in [0.05, 0.1) is 23.3 Å². The van der Waals surface area contributed by atoms with Gasteiger partial charge >= 0.3 is 0 Å². The first-order chi connectivity index (χ1) is 12.2. The zero-order chi connectivity index (χ0) is 17.2. The number of rotatable bonds is 3. The van der Waals surface area contributed by atoms with Crippen LogP contribution in [-0.2, 0) is 13.0 Å². The van der Waals surface area contributed by atoms with Crippen molar-refractivity contribution in [2.24, 2.45) is 0 Å². The lowest BCUT2D eigenvalue weighted by molar-refractivity contribution is 0.102. The van der Waals surface area contributed by atoms with Crippen LogP contribution in [0.3, 0.4) is 0 Å². The average molecular weight is 333 g/mol. The van der Waals surface area contributed by atoms with Crippen LogP contribution in [0, 0.1) is 6.92 Å². The van der Waals surface area contributed by atoms with E-state index in [0.29, 0.717) is 5.69 Å². The van der Waals surface area contributed by atoms with Crippen molar-refractivity contribution >= 4 is 11.6 Å². The Kier molecular flexibility index (Phi) is 4.01. The Morgan fingerprint density at radius 3 is 2.84 bits per heavy atom. The Labute approximate surface area is 146 Å². The fraction of sp³-hybridized carbons (Fsp3) is 0.263. The molecule has 1 aromatic carbocycles. The molecule has 0 bridgehead atoms. The summed E-state index contributed by atoms with van der Waals surface area (Å²) >= 11 is 0. The molecule has 6 heteroatoms. The molecular formula is C19H19N5O. The predicted molar refractivity (Wildman–Crippen MR) is 95.3 cm³/mol. The summed E-state index contributed by atoms with van der Waals surface area (Å²) in [6.45, 7) is 2.85. The van der Waals surface area contributed by atoms with Gasteiger partial charge in [-0.3, -0.25) is 9.78 Å². The van der Waals surface area contributed by atoms with Crippen molar-refractivity contribution in [2.45, 2.75) is 32.7 Å². The predicted octanol–water partition coefficient (Wildman–Crippen LogP) is 3.24. The second-order valence-electron chi connectivity index (χ2n) is 6.24. The lowest BCUT2D eigenvalue weighted by Crippen LogP contribution is -2.14. The number of amides is 1. The van der Waals surface area contributed by atoms with E-state index in [4.69, 9.17) is 4.98 Å². The number of imidazole rings is 1. The Morgan fingerprint density at radius 2 is 2.04 bits per heavy atom. The van der Waals surface area contributed by atoms with Crippen LogP contribution in [0.25, 0.3) is 11.3 Å². The zero-order valence-corrected chi connectivity index (χ0v) is 14.1. The highest BCUT2D eigenvalue weighted by molar-refractivity contribution is 6.04. The van der Waals surface area contributed by atoms with Crippen LogP contribution < -0.4 is 5.32 Å². The lowest BCUT2D eigenvalue weighted by Gasteiger charge is -2.11. The highest BCUT2D eigenvalue weighted by Crippen LogP contribution is 2.29. The Bertz CT molecular complexity index is 890. The summed E-state index contributed by atoms with van der Waals surface area (Å²) in [7, 11) is 0. The van der Waals surface area contributed by atoms with Crippen LogP contribution in [0.15, 0.2) is 42.9 Å². The summed E-state index contributed by atoms with van der Waals surface area (Å²) in [6, 6.07) is 7.71. The largest absolute Gasteiger partial charge is 0.334 e. The molecule has 1 amide bonds. The number of carbonyl (C=O) groups is 1. The van der Waals surface area contributed by atoms with Crippen molar-refractivity contribution in [3.05, 3.63) is 60.1 Å². The minimum absolute atomic E-state index is 0.274. The van der Waals surface area contributed by atoms with E-state index in [9.17, 15) is 4.79 Å². The molecule has 6 nitrogen and oxygen atoms in total. The van der Waals surface area contributed by atoms with Crippen molar-refractivity contribution in [2.75, 3.05) is 5.32 Å². The summed E-state index contributed by atoms with van der Waals surface area (Å²) in [5, 5.41) is 2.93. The van der Waals surface area contributed by atoms with Gasteiger partial charge in [-0.05, 0) is 25.8 Å². The molecule has 3 heterocycles. The number of benzene rings is 1. The van der Waals surface area contributed by atoms with Crippen LogP contribution in [0.4, 0.5) is 5.69 Å². The number of para-hydroxylation sites is 1. The van der Waals surface area contributed by atoms with E-state index in [0.717, 1.165) is 41.4 Å². The molecule has 0 unspecified atom stereocenters. The van der Waals surface area contributed by atoms with Crippen LogP contribution in [-0.4, -0.2) is 25.4 Å². The maximum absolute atomic E-state index is 12.5. The van der Waals surface area contributed by atoms with Gasteiger partial charge < -0.3 is 9.88 Å². The van der Waals surface area contributed by atoms with Gasteiger partial charge in [-0.1, -0.05) is 18.2 Å². The van der Waals surface area contributed by atoms with E-state index >= 15 is 0 Å².